The number of hydrogen-bond donors (Lipinski definition) is 0. The fraction of sp³-hybridized carbons (Fsp3) is 0.368. The molecule has 0 N–H and O–H groups in total. The van der Waals surface area contributed by atoms with Crippen molar-refractivity contribution >= 4 is 10.0 Å². The lowest BCUT2D eigenvalue weighted by molar-refractivity contribution is 0.214. The van der Waals surface area contributed by atoms with Gasteiger partial charge in [-0.3, -0.25) is 0 Å². The zero-order valence-corrected chi connectivity index (χ0v) is 15.3. The van der Waals surface area contributed by atoms with Crippen LogP contribution in [0.1, 0.15) is 22.7 Å². The average Bonchev–Trinajstić information content (AvgIpc) is 2.65. The van der Waals surface area contributed by atoms with Gasteiger partial charge in [-0.25, -0.2) is 8.42 Å². The highest BCUT2D eigenvalue weighted by Gasteiger charge is 2.36. The van der Waals surface area contributed by atoms with Crippen molar-refractivity contribution in [1.29, 1.82) is 0 Å². The van der Waals surface area contributed by atoms with Gasteiger partial charge in [0.2, 0.25) is 10.0 Å². The van der Waals surface area contributed by atoms with Crippen molar-refractivity contribution in [2.75, 3.05) is 33.1 Å². The van der Waals surface area contributed by atoms with Crippen LogP contribution in [0.25, 0.3) is 0 Å². The largest absolute Gasteiger partial charge is 0.497 e. The Labute approximate surface area is 149 Å². The monoisotopic (exact) mass is 361 g/mol. The van der Waals surface area contributed by atoms with E-state index in [0.29, 0.717) is 13.0 Å². The zero-order valence-electron chi connectivity index (χ0n) is 14.5. The Morgan fingerprint density at radius 3 is 2.56 bits per heavy atom. The predicted octanol–water partition coefficient (Wildman–Crippen LogP) is 2.62. The number of nitrogens with zero attached hydrogens (tertiary/aromatic N) is 1. The minimum atomic E-state index is -3.42. The van der Waals surface area contributed by atoms with E-state index < -0.39 is 10.0 Å². The summed E-state index contributed by atoms with van der Waals surface area (Å²) in [6.07, 6.45) is 0.669. The minimum absolute atomic E-state index is 0.0156. The van der Waals surface area contributed by atoms with Gasteiger partial charge in [0, 0.05) is 13.7 Å². The van der Waals surface area contributed by atoms with Crippen molar-refractivity contribution in [3.63, 3.8) is 0 Å². The summed E-state index contributed by atoms with van der Waals surface area (Å²) in [5.74, 6) is 0.777. The average molecular weight is 361 g/mol. The van der Waals surface area contributed by atoms with E-state index >= 15 is 0 Å². The molecule has 1 aliphatic rings. The van der Waals surface area contributed by atoms with Gasteiger partial charge in [0.05, 0.1) is 25.5 Å². The van der Waals surface area contributed by atoms with Crippen LogP contribution in [0.5, 0.6) is 5.75 Å². The normalized spacial score (nSPS) is 17.9. The third kappa shape index (κ3) is 3.71. The molecule has 0 saturated heterocycles. The Morgan fingerprint density at radius 2 is 1.88 bits per heavy atom. The van der Waals surface area contributed by atoms with Crippen molar-refractivity contribution in [2.45, 2.75) is 12.5 Å². The van der Waals surface area contributed by atoms with Crippen LogP contribution in [0.3, 0.4) is 0 Å². The Hall–Kier alpha value is -1.89. The number of methoxy groups -OCH3 is 2. The smallest absolute Gasteiger partial charge is 0.217 e. The maximum absolute atomic E-state index is 12.9. The number of rotatable bonds is 6. The molecule has 1 unspecified atom stereocenters. The summed E-state index contributed by atoms with van der Waals surface area (Å²) >= 11 is 0. The molecule has 5 nitrogen and oxygen atoms in total. The molecule has 6 heteroatoms. The van der Waals surface area contributed by atoms with Crippen molar-refractivity contribution < 1.29 is 17.9 Å². The number of sulfonamides is 1. The summed E-state index contributed by atoms with van der Waals surface area (Å²) in [5.41, 5.74) is 3.11. The van der Waals surface area contributed by atoms with Gasteiger partial charge in [-0.1, -0.05) is 36.4 Å². The van der Waals surface area contributed by atoms with E-state index in [2.05, 4.69) is 0 Å². The Balaban J connectivity index is 2.07. The van der Waals surface area contributed by atoms with E-state index in [0.717, 1.165) is 22.4 Å². The fourth-order valence-electron chi connectivity index (χ4n) is 3.29. The molecule has 25 heavy (non-hydrogen) atoms. The highest BCUT2D eigenvalue weighted by atomic mass is 32.2. The second-order valence-electron chi connectivity index (χ2n) is 6.05. The predicted molar refractivity (Wildman–Crippen MR) is 97.4 cm³/mol. The lowest BCUT2D eigenvalue weighted by Crippen LogP contribution is -2.42. The summed E-state index contributed by atoms with van der Waals surface area (Å²) in [7, 11) is -0.269. The van der Waals surface area contributed by atoms with Crippen LogP contribution in [-0.4, -0.2) is 45.8 Å². The van der Waals surface area contributed by atoms with Gasteiger partial charge >= 0.3 is 0 Å². The molecule has 3 rings (SSSR count). The first-order valence-corrected chi connectivity index (χ1v) is 9.88. The Morgan fingerprint density at radius 1 is 1.12 bits per heavy atom. The molecular weight excluding hydrogens is 338 g/mol. The van der Waals surface area contributed by atoms with E-state index in [1.165, 1.54) is 7.11 Å². The molecule has 0 amide bonds. The quantitative estimate of drug-likeness (QED) is 0.794. The van der Waals surface area contributed by atoms with Crippen LogP contribution in [0.4, 0.5) is 0 Å². The number of hydrogen-bond acceptors (Lipinski definition) is 4. The van der Waals surface area contributed by atoms with E-state index in [-0.39, 0.29) is 18.4 Å². The molecule has 2 aromatic rings. The molecular formula is C19H23NO4S. The van der Waals surface area contributed by atoms with Crippen molar-refractivity contribution in [2.24, 2.45) is 0 Å². The van der Waals surface area contributed by atoms with Crippen molar-refractivity contribution in [1.82, 2.24) is 4.31 Å². The van der Waals surface area contributed by atoms with E-state index in [1.807, 2.05) is 48.5 Å². The van der Waals surface area contributed by atoms with Gasteiger partial charge in [-0.05, 0) is 35.2 Å². The van der Waals surface area contributed by atoms with Crippen molar-refractivity contribution in [3.05, 3.63) is 65.2 Å². The standard InChI is InChI=1S/C19H23NO4S/c1-23-12-13-25(21,22)20-11-10-16-14-17(24-2)8-9-18(16)19(20)15-6-4-3-5-7-15/h3-9,14,19H,10-13H2,1-2H3. The molecule has 0 fully saturated rings. The van der Waals surface area contributed by atoms with E-state index in [4.69, 9.17) is 9.47 Å². The summed E-state index contributed by atoms with van der Waals surface area (Å²) in [5, 5.41) is 0. The summed E-state index contributed by atoms with van der Waals surface area (Å²) in [4.78, 5) is 0. The number of fused-ring (bicyclic) bond motifs is 1. The topological polar surface area (TPSA) is 55.8 Å². The molecule has 0 saturated carbocycles. The van der Waals surface area contributed by atoms with E-state index in [1.54, 1.807) is 11.4 Å². The zero-order chi connectivity index (χ0) is 17.9. The molecule has 0 aliphatic carbocycles. The second kappa shape index (κ2) is 7.56. The first-order valence-electron chi connectivity index (χ1n) is 8.27. The summed E-state index contributed by atoms with van der Waals surface area (Å²) < 4.78 is 37.7. The van der Waals surface area contributed by atoms with Gasteiger partial charge in [0.25, 0.3) is 0 Å². The van der Waals surface area contributed by atoms with Crippen LogP contribution in [0.15, 0.2) is 48.5 Å². The maximum Gasteiger partial charge on any atom is 0.217 e. The van der Waals surface area contributed by atoms with Crippen LogP contribution >= 0.6 is 0 Å². The third-order valence-electron chi connectivity index (χ3n) is 4.55. The van der Waals surface area contributed by atoms with Crippen molar-refractivity contribution in [3.8, 4) is 5.75 Å². The Bertz CT molecular complexity index is 821. The SMILES string of the molecule is COCCS(=O)(=O)N1CCc2cc(OC)ccc2C1c1ccccc1. The summed E-state index contributed by atoms with van der Waals surface area (Å²) in [6, 6.07) is 15.3. The Kier molecular flexibility index (Phi) is 5.42. The van der Waals surface area contributed by atoms with E-state index in [9.17, 15) is 8.42 Å². The number of benzene rings is 2. The van der Waals surface area contributed by atoms with Gasteiger partial charge in [-0.2, -0.15) is 4.31 Å². The van der Waals surface area contributed by atoms with Gasteiger partial charge < -0.3 is 9.47 Å². The molecule has 134 valence electrons. The van der Waals surface area contributed by atoms with Gasteiger partial charge in [0.15, 0.2) is 0 Å². The lowest BCUT2D eigenvalue weighted by atomic mass is 9.90. The molecule has 1 atom stereocenters. The van der Waals surface area contributed by atoms with Crippen LogP contribution < -0.4 is 4.74 Å². The lowest BCUT2D eigenvalue weighted by Gasteiger charge is -2.37. The second-order valence-corrected chi connectivity index (χ2v) is 8.09. The third-order valence-corrected chi connectivity index (χ3v) is 6.34. The molecule has 0 aromatic heterocycles. The first kappa shape index (κ1) is 17.9. The molecule has 0 bridgehead atoms. The maximum atomic E-state index is 12.9. The molecule has 1 heterocycles. The molecule has 1 aliphatic heterocycles. The highest BCUT2D eigenvalue weighted by Crippen LogP contribution is 2.38. The minimum Gasteiger partial charge on any atom is -0.497 e. The molecule has 2 aromatic carbocycles. The van der Waals surface area contributed by atoms with Crippen LogP contribution in [0.2, 0.25) is 0 Å². The highest BCUT2D eigenvalue weighted by molar-refractivity contribution is 7.89. The molecule has 0 radical (unpaired) electrons. The van der Waals surface area contributed by atoms with Gasteiger partial charge in [0.1, 0.15) is 5.75 Å². The summed E-state index contributed by atoms with van der Waals surface area (Å²) in [6.45, 7) is 0.640. The number of ether oxygens (including phenoxy) is 2. The van der Waals surface area contributed by atoms with Gasteiger partial charge in [-0.15, -0.1) is 0 Å². The first-order chi connectivity index (χ1) is 12.1. The van der Waals surface area contributed by atoms with Crippen LogP contribution in [0, 0.1) is 0 Å². The molecule has 0 spiro atoms. The fourth-order valence-corrected chi connectivity index (χ4v) is 4.83. The van der Waals surface area contributed by atoms with Crippen LogP contribution in [-0.2, 0) is 21.2 Å².